The molecule has 2 rings (SSSR count). The average Bonchev–Trinajstić information content (AvgIpc) is 2.35. The number of hydrogen-bond acceptors (Lipinski definition) is 5. The van der Waals surface area contributed by atoms with E-state index in [1.165, 1.54) is 17.8 Å². The largest absolute Gasteiger partial charge is 0.382 e. The molecule has 4 N–H and O–H groups in total. The van der Waals surface area contributed by atoms with E-state index in [2.05, 4.69) is 15.0 Å². The van der Waals surface area contributed by atoms with Gasteiger partial charge in [0.05, 0.1) is 0 Å². The highest BCUT2D eigenvalue weighted by Crippen LogP contribution is 2.18. The Kier molecular flexibility index (Phi) is 3.96. The first-order chi connectivity index (χ1) is 9.04. The lowest BCUT2D eigenvalue weighted by atomic mass is 10.2. The number of aromatic nitrogens is 3. The molecular weight excluding hydrogens is 262 g/mol. The first-order valence-corrected chi connectivity index (χ1v) is 6.53. The summed E-state index contributed by atoms with van der Waals surface area (Å²) in [6, 6.07) is 5.04. The molecule has 0 amide bonds. The topological polar surface area (TPSA) is 109 Å². The predicted molar refractivity (Wildman–Crippen MR) is 74.4 cm³/mol. The van der Waals surface area contributed by atoms with Gasteiger partial charge in [-0.15, -0.1) is 0 Å². The molecule has 0 aromatic carbocycles. The summed E-state index contributed by atoms with van der Waals surface area (Å²) in [4.78, 5) is 22.2. The molecular formula is C12H13N5OS. The number of aryl methyl sites for hydroxylation is 1. The van der Waals surface area contributed by atoms with Crippen LogP contribution in [0.3, 0.4) is 0 Å². The molecule has 2 aromatic heterocycles. The van der Waals surface area contributed by atoms with Crippen molar-refractivity contribution in [2.45, 2.75) is 17.8 Å². The summed E-state index contributed by atoms with van der Waals surface area (Å²) in [5.74, 6) is 0.559. The summed E-state index contributed by atoms with van der Waals surface area (Å²) in [7, 11) is 0. The lowest BCUT2D eigenvalue weighted by Gasteiger charge is -2.03. The average molecular weight is 275 g/mol. The second-order valence-electron chi connectivity index (χ2n) is 3.94. The normalized spacial score (nSPS) is 10.4. The van der Waals surface area contributed by atoms with Crippen LogP contribution in [0.2, 0.25) is 0 Å². The van der Waals surface area contributed by atoms with Crippen molar-refractivity contribution in [1.82, 2.24) is 15.0 Å². The first kappa shape index (κ1) is 13.3. The summed E-state index contributed by atoms with van der Waals surface area (Å²) < 4.78 is 0. The van der Waals surface area contributed by atoms with Gasteiger partial charge in [0.25, 0.3) is 5.56 Å². The molecule has 0 fully saturated rings. The van der Waals surface area contributed by atoms with E-state index in [1.54, 1.807) is 19.2 Å². The van der Waals surface area contributed by atoms with Crippen LogP contribution in [0.1, 0.15) is 17.0 Å². The van der Waals surface area contributed by atoms with Crippen molar-refractivity contribution < 1.29 is 0 Å². The van der Waals surface area contributed by atoms with Crippen molar-refractivity contribution in [2.24, 2.45) is 5.73 Å². The number of amidine groups is 1. The molecule has 0 aliphatic heterocycles. The summed E-state index contributed by atoms with van der Waals surface area (Å²) in [5.41, 5.74) is 7.33. The highest BCUT2D eigenvalue weighted by molar-refractivity contribution is 7.98. The van der Waals surface area contributed by atoms with Gasteiger partial charge in [-0.05, 0) is 24.6 Å². The van der Waals surface area contributed by atoms with Crippen LogP contribution >= 0.6 is 11.8 Å². The van der Waals surface area contributed by atoms with Gasteiger partial charge in [0.15, 0.2) is 5.16 Å². The highest BCUT2D eigenvalue weighted by atomic mass is 32.2. The third kappa shape index (κ3) is 3.65. The van der Waals surface area contributed by atoms with E-state index in [9.17, 15) is 4.79 Å². The SMILES string of the molecule is Cc1cc(=O)[nH]c(SCc2ccnc(C(=N)N)c2)n1. The lowest BCUT2D eigenvalue weighted by Crippen LogP contribution is -2.13. The highest BCUT2D eigenvalue weighted by Gasteiger charge is 2.03. The fourth-order valence-electron chi connectivity index (χ4n) is 1.48. The minimum absolute atomic E-state index is 0.0612. The summed E-state index contributed by atoms with van der Waals surface area (Å²) in [6.45, 7) is 1.78. The van der Waals surface area contributed by atoms with Crippen LogP contribution in [-0.4, -0.2) is 20.8 Å². The minimum atomic E-state index is -0.158. The molecule has 0 bridgehead atoms. The monoisotopic (exact) mass is 275 g/mol. The molecule has 19 heavy (non-hydrogen) atoms. The van der Waals surface area contributed by atoms with Crippen molar-refractivity contribution >= 4 is 17.6 Å². The Morgan fingerprint density at radius 3 is 3.00 bits per heavy atom. The van der Waals surface area contributed by atoms with Crippen LogP contribution < -0.4 is 11.3 Å². The zero-order valence-corrected chi connectivity index (χ0v) is 11.1. The third-order valence-corrected chi connectivity index (χ3v) is 3.27. The van der Waals surface area contributed by atoms with E-state index < -0.39 is 0 Å². The number of hydrogen-bond donors (Lipinski definition) is 3. The van der Waals surface area contributed by atoms with Crippen LogP contribution in [0.25, 0.3) is 0 Å². The van der Waals surface area contributed by atoms with E-state index in [-0.39, 0.29) is 11.4 Å². The molecule has 0 aliphatic rings. The van der Waals surface area contributed by atoms with Gasteiger partial charge in [-0.25, -0.2) is 4.98 Å². The molecule has 0 saturated carbocycles. The summed E-state index contributed by atoms with van der Waals surface area (Å²) in [5, 5.41) is 7.91. The quantitative estimate of drug-likeness (QED) is 0.334. The fourth-order valence-corrected chi connectivity index (χ4v) is 2.35. The van der Waals surface area contributed by atoms with Crippen LogP contribution in [0.5, 0.6) is 0 Å². The van der Waals surface area contributed by atoms with Gasteiger partial charge in [0.1, 0.15) is 11.5 Å². The van der Waals surface area contributed by atoms with E-state index in [4.69, 9.17) is 11.1 Å². The van der Waals surface area contributed by atoms with Crippen LogP contribution in [0.15, 0.2) is 34.3 Å². The van der Waals surface area contributed by atoms with Gasteiger partial charge in [-0.1, -0.05) is 11.8 Å². The number of rotatable bonds is 4. The number of nitrogens with one attached hydrogen (secondary N) is 2. The molecule has 0 aliphatic carbocycles. The Labute approximate surface area is 114 Å². The molecule has 6 nitrogen and oxygen atoms in total. The zero-order chi connectivity index (χ0) is 13.8. The molecule has 2 heterocycles. The number of pyridine rings is 1. The van der Waals surface area contributed by atoms with Crippen LogP contribution in [0, 0.1) is 12.3 Å². The van der Waals surface area contributed by atoms with Gasteiger partial charge < -0.3 is 10.7 Å². The summed E-state index contributed by atoms with van der Waals surface area (Å²) >= 11 is 1.42. The van der Waals surface area contributed by atoms with Crippen LogP contribution in [-0.2, 0) is 5.75 Å². The van der Waals surface area contributed by atoms with Crippen molar-refractivity contribution in [2.75, 3.05) is 0 Å². The van der Waals surface area contributed by atoms with Crippen molar-refractivity contribution in [3.63, 3.8) is 0 Å². The standard InChI is InChI=1S/C12H13N5OS/c1-7-4-10(18)17-12(16-7)19-6-8-2-3-15-9(5-8)11(13)14/h2-5H,6H2,1H3,(H3,13,14)(H,16,17,18). The third-order valence-electron chi connectivity index (χ3n) is 2.32. The van der Waals surface area contributed by atoms with E-state index in [0.717, 1.165) is 5.56 Å². The molecule has 0 saturated heterocycles. The van der Waals surface area contributed by atoms with Gasteiger partial charge in [-0.2, -0.15) is 0 Å². The second-order valence-corrected chi connectivity index (χ2v) is 4.91. The number of nitrogens with two attached hydrogens (primary N) is 1. The van der Waals surface area contributed by atoms with Gasteiger partial charge in [0.2, 0.25) is 0 Å². The minimum Gasteiger partial charge on any atom is -0.382 e. The van der Waals surface area contributed by atoms with Gasteiger partial charge in [0, 0.05) is 23.7 Å². The van der Waals surface area contributed by atoms with Crippen molar-refractivity contribution in [1.29, 1.82) is 5.41 Å². The second kappa shape index (κ2) is 5.66. The Morgan fingerprint density at radius 2 is 2.32 bits per heavy atom. The molecule has 0 atom stereocenters. The number of thioether (sulfide) groups is 1. The zero-order valence-electron chi connectivity index (χ0n) is 10.3. The number of nitrogen functional groups attached to an aromatic ring is 1. The Hall–Kier alpha value is -2.15. The molecule has 0 radical (unpaired) electrons. The van der Waals surface area contributed by atoms with E-state index >= 15 is 0 Å². The maximum absolute atomic E-state index is 11.3. The van der Waals surface area contributed by atoms with Crippen LogP contribution in [0.4, 0.5) is 0 Å². The number of H-pyrrole nitrogens is 1. The fraction of sp³-hybridized carbons (Fsp3) is 0.167. The molecule has 2 aromatic rings. The molecule has 0 spiro atoms. The summed E-state index contributed by atoms with van der Waals surface area (Å²) in [6.07, 6.45) is 1.61. The Bertz CT molecular complexity index is 667. The van der Waals surface area contributed by atoms with E-state index in [1.807, 2.05) is 6.07 Å². The first-order valence-electron chi connectivity index (χ1n) is 5.54. The number of aromatic amines is 1. The molecule has 98 valence electrons. The Morgan fingerprint density at radius 1 is 1.53 bits per heavy atom. The maximum Gasteiger partial charge on any atom is 0.251 e. The maximum atomic E-state index is 11.3. The van der Waals surface area contributed by atoms with Crippen molar-refractivity contribution in [3.05, 3.63) is 51.7 Å². The van der Waals surface area contributed by atoms with E-state index in [0.29, 0.717) is 22.3 Å². The van der Waals surface area contributed by atoms with Gasteiger partial charge >= 0.3 is 0 Å². The Balaban J connectivity index is 2.12. The lowest BCUT2D eigenvalue weighted by molar-refractivity contribution is 0.905. The molecule has 0 unspecified atom stereocenters. The smallest absolute Gasteiger partial charge is 0.251 e. The molecule has 7 heteroatoms. The number of nitrogens with zero attached hydrogens (tertiary/aromatic N) is 2. The predicted octanol–water partition coefficient (Wildman–Crippen LogP) is 1.05. The van der Waals surface area contributed by atoms with Crippen molar-refractivity contribution in [3.8, 4) is 0 Å². The van der Waals surface area contributed by atoms with Gasteiger partial charge in [-0.3, -0.25) is 15.2 Å².